The number of hydrogen-bond donors (Lipinski definition) is 2. The van der Waals surface area contributed by atoms with Gasteiger partial charge in [0, 0.05) is 29.6 Å². The van der Waals surface area contributed by atoms with Crippen molar-refractivity contribution in [3.63, 3.8) is 0 Å². The molecule has 0 radical (unpaired) electrons. The van der Waals surface area contributed by atoms with Crippen LogP contribution in [0.3, 0.4) is 0 Å². The van der Waals surface area contributed by atoms with Crippen molar-refractivity contribution < 1.29 is 19.1 Å². The van der Waals surface area contributed by atoms with E-state index in [0.29, 0.717) is 33.5 Å². The number of ketones is 1. The van der Waals surface area contributed by atoms with Crippen molar-refractivity contribution in [2.45, 2.75) is 6.92 Å². The largest absolute Gasteiger partial charge is 0.495 e. The van der Waals surface area contributed by atoms with Gasteiger partial charge in [0.2, 0.25) is 0 Å². The topological polar surface area (TPSA) is 100 Å². The molecule has 0 spiro atoms. The smallest absolute Gasteiger partial charge is 0.267 e. The number of carbonyl (C=O) groups excluding carboxylic acids is 2. The molecule has 0 aliphatic heterocycles. The number of carbonyl (C=O) groups is 2. The number of anilines is 2. The first kappa shape index (κ1) is 20.8. The fourth-order valence-corrected chi connectivity index (χ4v) is 2.49. The molecular formula is C20H18ClN3O4. The van der Waals surface area contributed by atoms with Crippen molar-refractivity contribution in [1.29, 1.82) is 5.26 Å². The highest BCUT2D eigenvalue weighted by atomic mass is 35.5. The fraction of sp³-hybridized carbons (Fsp3) is 0.150. The van der Waals surface area contributed by atoms with E-state index in [-0.39, 0.29) is 11.4 Å². The second-order valence-electron chi connectivity index (χ2n) is 5.59. The Morgan fingerprint density at radius 3 is 2.29 bits per heavy atom. The van der Waals surface area contributed by atoms with Gasteiger partial charge in [0.1, 0.15) is 23.1 Å². The number of nitriles is 1. The molecular weight excluding hydrogens is 382 g/mol. The van der Waals surface area contributed by atoms with Crippen LogP contribution < -0.4 is 20.1 Å². The Morgan fingerprint density at radius 1 is 1.11 bits per heavy atom. The quantitative estimate of drug-likeness (QED) is 0.414. The molecule has 0 unspecified atom stereocenters. The molecule has 8 heteroatoms. The third-order valence-corrected chi connectivity index (χ3v) is 4.06. The summed E-state index contributed by atoms with van der Waals surface area (Å²) in [6.07, 6.45) is 1.25. The molecule has 2 N–H and O–H groups in total. The first-order valence-corrected chi connectivity index (χ1v) is 8.48. The number of nitrogens with zero attached hydrogens (tertiary/aromatic N) is 1. The monoisotopic (exact) mass is 399 g/mol. The van der Waals surface area contributed by atoms with Crippen LogP contribution in [0.2, 0.25) is 5.02 Å². The van der Waals surface area contributed by atoms with E-state index in [1.54, 1.807) is 36.4 Å². The minimum absolute atomic E-state index is 0.0768. The Kier molecular flexibility index (Phi) is 7.02. The normalized spacial score (nSPS) is 10.6. The van der Waals surface area contributed by atoms with Crippen molar-refractivity contribution in [2.24, 2.45) is 0 Å². The van der Waals surface area contributed by atoms with Crippen LogP contribution in [0.1, 0.15) is 17.3 Å². The molecule has 0 bridgehead atoms. The lowest BCUT2D eigenvalue weighted by atomic mass is 10.1. The predicted molar refractivity (Wildman–Crippen MR) is 107 cm³/mol. The van der Waals surface area contributed by atoms with Crippen LogP contribution in [-0.4, -0.2) is 25.9 Å². The Hall–Kier alpha value is -3.50. The van der Waals surface area contributed by atoms with Gasteiger partial charge in [-0.2, -0.15) is 5.26 Å². The second-order valence-corrected chi connectivity index (χ2v) is 6.00. The molecule has 0 saturated carbocycles. The molecule has 2 aromatic rings. The Labute approximate surface area is 167 Å². The summed E-state index contributed by atoms with van der Waals surface area (Å²) in [5, 5.41) is 15.1. The lowest BCUT2D eigenvalue weighted by Gasteiger charge is -2.12. The van der Waals surface area contributed by atoms with Gasteiger partial charge in [-0.1, -0.05) is 11.6 Å². The number of ether oxygens (including phenoxy) is 2. The van der Waals surface area contributed by atoms with Gasteiger partial charge >= 0.3 is 0 Å². The van der Waals surface area contributed by atoms with Gasteiger partial charge in [-0.25, -0.2) is 0 Å². The van der Waals surface area contributed by atoms with Crippen LogP contribution in [0.5, 0.6) is 11.5 Å². The van der Waals surface area contributed by atoms with Gasteiger partial charge in [-0.3, -0.25) is 9.59 Å². The zero-order valence-corrected chi connectivity index (χ0v) is 16.3. The molecule has 0 atom stereocenters. The standard InChI is InChI=1S/C20H18ClN3O4/c1-12(25)13-4-6-15(7-5-13)24-20(26)14(10-22)11-23-17-9-18(27-2)16(21)8-19(17)28-3/h4-9,11,23H,1-3H3,(H,24,26)/b14-11-. The highest BCUT2D eigenvalue weighted by Crippen LogP contribution is 2.35. The van der Waals surface area contributed by atoms with E-state index in [1.165, 1.54) is 27.3 Å². The third-order valence-electron chi connectivity index (χ3n) is 3.76. The van der Waals surface area contributed by atoms with Gasteiger partial charge in [0.25, 0.3) is 5.91 Å². The fourth-order valence-electron chi connectivity index (χ4n) is 2.26. The zero-order valence-electron chi connectivity index (χ0n) is 15.5. The maximum absolute atomic E-state index is 12.3. The maximum atomic E-state index is 12.3. The summed E-state index contributed by atoms with van der Waals surface area (Å²) >= 11 is 6.06. The van der Waals surface area contributed by atoms with E-state index < -0.39 is 5.91 Å². The maximum Gasteiger partial charge on any atom is 0.267 e. The van der Waals surface area contributed by atoms with Crippen LogP contribution in [0, 0.1) is 11.3 Å². The van der Waals surface area contributed by atoms with Gasteiger partial charge in [-0.05, 0) is 31.2 Å². The molecule has 2 aromatic carbocycles. The number of Topliss-reactive ketones (excluding diaryl/α,β-unsaturated/α-hetero) is 1. The van der Waals surface area contributed by atoms with Crippen LogP contribution in [0.15, 0.2) is 48.2 Å². The minimum Gasteiger partial charge on any atom is -0.495 e. The SMILES string of the molecule is COc1cc(N/C=C(/C#N)C(=O)Nc2ccc(C(C)=O)cc2)c(OC)cc1Cl. The van der Waals surface area contributed by atoms with Crippen LogP contribution in [0.4, 0.5) is 11.4 Å². The number of benzene rings is 2. The van der Waals surface area contributed by atoms with Crippen molar-refractivity contribution in [3.8, 4) is 17.6 Å². The molecule has 0 saturated heterocycles. The first-order chi connectivity index (χ1) is 13.4. The Morgan fingerprint density at radius 2 is 1.75 bits per heavy atom. The summed E-state index contributed by atoms with van der Waals surface area (Å²) < 4.78 is 10.4. The molecule has 0 aromatic heterocycles. The van der Waals surface area contributed by atoms with E-state index in [9.17, 15) is 14.9 Å². The summed E-state index contributed by atoms with van der Waals surface area (Å²) in [5.41, 5.74) is 1.29. The van der Waals surface area contributed by atoms with Crippen molar-refractivity contribution in [3.05, 3.63) is 58.8 Å². The predicted octanol–water partition coefficient (Wildman–Crippen LogP) is 4.02. The van der Waals surface area contributed by atoms with Crippen molar-refractivity contribution in [1.82, 2.24) is 0 Å². The van der Waals surface area contributed by atoms with E-state index in [2.05, 4.69) is 10.6 Å². The molecule has 2 rings (SSSR count). The Bertz CT molecular complexity index is 963. The highest BCUT2D eigenvalue weighted by Gasteiger charge is 2.12. The first-order valence-electron chi connectivity index (χ1n) is 8.10. The number of methoxy groups -OCH3 is 2. The second kappa shape index (κ2) is 9.44. The molecule has 0 fully saturated rings. The summed E-state index contributed by atoms with van der Waals surface area (Å²) in [4.78, 5) is 23.6. The molecule has 0 aliphatic carbocycles. The van der Waals surface area contributed by atoms with E-state index in [1.807, 2.05) is 6.07 Å². The molecule has 144 valence electrons. The lowest BCUT2D eigenvalue weighted by molar-refractivity contribution is -0.112. The van der Waals surface area contributed by atoms with Crippen LogP contribution >= 0.6 is 11.6 Å². The summed E-state index contributed by atoms with van der Waals surface area (Å²) in [6.45, 7) is 1.45. The summed E-state index contributed by atoms with van der Waals surface area (Å²) in [5.74, 6) is 0.143. The molecule has 1 amide bonds. The number of rotatable bonds is 7. The lowest BCUT2D eigenvalue weighted by Crippen LogP contribution is -2.14. The van der Waals surface area contributed by atoms with Gasteiger partial charge in [-0.15, -0.1) is 0 Å². The van der Waals surface area contributed by atoms with Gasteiger partial charge in [0.05, 0.1) is 24.9 Å². The summed E-state index contributed by atoms with van der Waals surface area (Å²) in [6, 6.07) is 11.3. The van der Waals surface area contributed by atoms with Crippen molar-refractivity contribution >= 4 is 34.7 Å². The van der Waals surface area contributed by atoms with Crippen LogP contribution in [-0.2, 0) is 4.79 Å². The zero-order chi connectivity index (χ0) is 20.7. The Balaban J connectivity index is 2.18. The molecule has 0 aliphatic rings. The highest BCUT2D eigenvalue weighted by molar-refractivity contribution is 6.32. The third kappa shape index (κ3) is 5.02. The van der Waals surface area contributed by atoms with Gasteiger partial charge in [0.15, 0.2) is 5.78 Å². The molecule has 28 heavy (non-hydrogen) atoms. The number of hydrogen-bond acceptors (Lipinski definition) is 6. The van der Waals surface area contributed by atoms with E-state index >= 15 is 0 Å². The number of halogens is 1. The number of nitrogens with one attached hydrogen (secondary N) is 2. The minimum atomic E-state index is -0.606. The number of amides is 1. The van der Waals surface area contributed by atoms with Crippen molar-refractivity contribution in [2.75, 3.05) is 24.9 Å². The molecule has 0 heterocycles. The average Bonchev–Trinajstić information content (AvgIpc) is 2.69. The summed E-state index contributed by atoms with van der Waals surface area (Å²) in [7, 11) is 2.94. The van der Waals surface area contributed by atoms with E-state index in [4.69, 9.17) is 21.1 Å². The van der Waals surface area contributed by atoms with E-state index in [0.717, 1.165) is 0 Å². The van der Waals surface area contributed by atoms with Gasteiger partial charge < -0.3 is 20.1 Å². The van der Waals surface area contributed by atoms with Crippen LogP contribution in [0.25, 0.3) is 0 Å². The molecule has 7 nitrogen and oxygen atoms in total. The average molecular weight is 400 g/mol.